The van der Waals surface area contributed by atoms with Crippen LogP contribution in [-0.2, 0) is 0 Å². The van der Waals surface area contributed by atoms with E-state index < -0.39 is 0 Å². The van der Waals surface area contributed by atoms with Crippen molar-refractivity contribution < 1.29 is 0 Å². The van der Waals surface area contributed by atoms with Gasteiger partial charge in [0.2, 0.25) is 0 Å². The number of nitrogens with zero attached hydrogens (tertiary/aromatic N) is 4. The second kappa shape index (κ2) is 9.21. The number of nitrogens with two attached hydrogens (primary N) is 2. The van der Waals surface area contributed by atoms with Crippen LogP contribution in [0.3, 0.4) is 0 Å². The second-order valence-corrected chi connectivity index (χ2v) is 8.16. The third kappa shape index (κ3) is 4.96. The van der Waals surface area contributed by atoms with E-state index in [1.54, 1.807) is 13.2 Å². The molecule has 2 aromatic heterocycles. The van der Waals surface area contributed by atoms with Crippen LogP contribution < -0.4 is 16.9 Å². The fraction of sp³-hybridized carbons (Fsp3) is 0.200. The van der Waals surface area contributed by atoms with Gasteiger partial charge in [0.15, 0.2) is 0 Å². The molecule has 5 N–H and O–H groups in total. The van der Waals surface area contributed by atoms with Gasteiger partial charge in [-0.05, 0) is 54.3 Å². The van der Waals surface area contributed by atoms with Gasteiger partial charge >= 0.3 is 0 Å². The third-order valence-electron chi connectivity index (χ3n) is 5.53. The van der Waals surface area contributed by atoms with Gasteiger partial charge < -0.3 is 21.0 Å². The highest BCUT2D eigenvalue weighted by Crippen LogP contribution is 2.25. The molecule has 0 aliphatic carbocycles. The van der Waals surface area contributed by atoms with Crippen molar-refractivity contribution in [2.75, 3.05) is 32.5 Å². The zero-order valence-electron chi connectivity index (χ0n) is 18.5. The molecule has 1 aromatic carbocycles. The van der Waals surface area contributed by atoms with Crippen LogP contribution in [0.2, 0.25) is 0 Å². The molecule has 1 aliphatic rings. The monoisotopic (exact) mass is 427 g/mol. The summed E-state index contributed by atoms with van der Waals surface area (Å²) in [5, 5.41) is 6.82. The lowest BCUT2D eigenvalue weighted by Crippen LogP contribution is -2.23. The summed E-state index contributed by atoms with van der Waals surface area (Å²) in [6.45, 7) is 6.21. The maximum absolute atomic E-state index is 6.15. The Labute approximate surface area is 188 Å². The average Bonchev–Trinajstić information content (AvgIpc) is 2.78. The van der Waals surface area contributed by atoms with Gasteiger partial charge in [-0.2, -0.15) is 0 Å². The molecule has 1 aliphatic heterocycles. The maximum atomic E-state index is 6.15. The number of pyridine rings is 2. The van der Waals surface area contributed by atoms with E-state index in [0.717, 1.165) is 58.6 Å². The number of likely N-dealkylation sites (N-methyl/N-ethyl adjacent to an activating group) is 1. The molecule has 0 bridgehead atoms. The van der Waals surface area contributed by atoms with Crippen LogP contribution >= 0.6 is 0 Å². The van der Waals surface area contributed by atoms with Crippen molar-refractivity contribution in [2.24, 2.45) is 11.6 Å². The lowest BCUT2D eigenvalue weighted by atomic mass is 10.0. The Balaban J connectivity index is 1.55. The molecule has 164 valence electrons. The third-order valence-corrected chi connectivity index (χ3v) is 5.53. The first kappa shape index (κ1) is 21.5. The number of hydrogen-bond donors (Lipinski definition) is 3. The number of hydrazine groups is 1. The molecule has 0 fully saturated rings. The molecular formula is C25H29N7. The molecule has 3 heterocycles. The minimum Gasteiger partial charge on any atom is -0.397 e. The van der Waals surface area contributed by atoms with Gasteiger partial charge in [-0.15, -0.1) is 0 Å². The molecule has 0 radical (unpaired) electrons. The Morgan fingerprint density at radius 3 is 2.75 bits per heavy atom. The first-order valence-corrected chi connectivity index (χ1v) is 10.5. The van der Waals surface area contributed by atoms with E-state index in [0.29, 0.717) is 5.70 Å². The van der Waals surface area contributed by atoms with Crippen LogP contribution in [0, 0.1) is 0 Å². The standard InChI is InChI=1S/C25H29N7/c1-17(19-6-9-28-24(13-19)18-7-10-31(2)11-8-18)30-25-14-22-12-20(23(26)16-32(3)27)4-5-21(22)15-29-25/h4-7,9,12-16H,1,8,10-11,26-27H2,2-3H3,(H,29,30)/b23-16-. The van der Waals surface area contributed by atoms with Crippen LogP contribution in [0.5, 0.6) is 0 Å². The molecule has 7 nitrogen and oxygen atoms in total. The van der Waals surface area contributed by atoms with Gasteiger partial charge in [0.05, 0.1) is 11.4 Å². The lowest BCUT2D eigenvalue weighted by Gasteiger charge is -2.21. The quantitative estimate of drug-likeness (QED) is 0.409. The molecule has 0 atom stereocenters. The predicted molar refractivity (Wildman–Crippen MR) is 133 cm³/mol. The molecule has 7 heteroatoms. The number of benzene rings is 1. The SMILES string of the molecule is C=C(Nc1cc2cc(/C(N)=C/N(C)N)ccc2cn1)c1ccnc(C2=CCN(C)CC2)c1. The molecule has 32 heavy (non-hydrogen) atoms. The van der Waals surface area contributed by atoms with Crippen LogP contribution in [0.4, 0.5) is 5.82 Å². The Morgan fingerprint density at radius 2 is 2.00 bits per heavy atom. The van der Waals surface area contributed by atoms with E-state index in [2.05, 4.69) is 46.0 Å². The maximum Gasteiger partial charge on any atom is 0.130 e. The van der Waals surface area contributed by atoms with Crippen molar-refractivity contribution in [3.63, 3.8) is 0 Å². The van der Waals surface area contributed by atoms with Crippen molar-refractivity contribution in [1.82, 2.24) is 19.9 Å². The molecule has 0 saturated carbocycles. The first-order chi connectivity index (χ1) is 15.4. The normalized spacial score (nSPS) is 14.8. The lowest BCUT2D eigenvalue weighted by molar-refractivity contribution is 0.370. The Morgan fingerprint density at radius 1 is 1.16 bits per heavy atom. The topological polar surface area (TPSA) is 96.3 Å². The molecule has 0 spiro atoms. The van der Waals surface area contributed by atoms with Crippen molar-refractivity contribution >= 4 is 33.6 Å². The van der Waals surface area contributed by atoms with Crippen molar-refractivity contribution in [3.8, 4) is 0 Å². The summed E-state index contributed by atoms with van der Waals surface area (Å²) in [4.78, 5) is 11.4. The molecule has 3 aromatic rings. The Bertz CT molecular complexity index is 1210. The highest BCUT2D eigenvalue weighted by atomic mass is 15.4. The van der Waals surface area contributed by atoms with E-state index in [-0.39, 0.29) is 0 Å². The molecule has 0 saturated heterocycles. The molecule has 0 amide bonds. The van der Waals surface area contributed by atoms with Gasteiger partial charge in [-0.25, -0.2) is 10.8 Å². The number of fused-ring (bicyclic) bond motifs is 1. The zero-order valence-corrected chi connectivity index (χ0v) is 18.5. The first-order valence-electron chi connectivity index (χ1n) is 10.5. The number of nitrogens with one attached hydrogen (secondary N) is 1. The van der Waals surface area contributed by atoms with E-state index in [4.69, 9.17) is 11.6 Å². The van der Waals surface area contributed by atoms with Gasteiger partial charge in [-0.1, -0.05) is 24.8 Å². The second-order valence-electron chi connectivity index (χ2n) is 8.16. The summed E-state index contributed by atoms with van der Waals surface area (Å²) in [5.74, 6) is 6.40. The summed E-state index contributed by atoms with van der Waals surface area (Å²) in [6.07, 6.45) is 8.60. The largest absolute Gasteiger partial charge is 0.397 e. The average molecular weight is 428 g/mol. The smallest absolute Gasteiger partial charge is 0.130 e. The fourth-order valence-corrected chi connectivity index (χ4v) is 3.71. The molecular weight excluding hydrogens is 398 g/mol. The highest BCUT2D eigenvalue weighted by Gasteiger charge is 2.12. The van der Waals surface area contributed by atoms with Crippen molar-refractivity contribution in [1.29, 1.82) is 0 Å². The zero-order chi connectivity index (χ0) is 22.7. The van der Waals surface area contributed by atoms with Gasteiger partial charge in [0, 0.05) is 55.4 Å². The van der Waals surface area contributed by atoms with Gasteiger partial charge in [-0.3, -0.25) is 4.98 Å². The van der Waals surface area contributed by atoms with Crippen LogP contribution in [0.25, 0.3) is 27.7 Å². The highest BCUT2D eigenvalue weighted by molar-refractivity contribution is 5.88. The predicted octanol–water partition coefficient (Wildman–Crippen LogP) is 3.49. The Hall–Kier alpha value is -3.68. The van der Waals surface area contributed by atoms with E-state index in [9.17, 15) is 0 Å². The fourth-order valence-electron chi connectivity index (χ4n) is 3.71. The van der Waals surface area contributed by atoms with Gasteiger partial charge in [0.1, 0.15) is 5.82 Å². The summed E-state index contributed by atoms with van der Waals surface area (Å²) >= 11 is 0. The summed E-state index contributed by atoms with van der Waals surface area (Å²) < 4.78 is 0. The summed E-state index contributed by atoms with van der Waals surface area (Å²) in [5.41, 5.74) is 11.7. The number of hydrogen-bond acceptors (Lipinski definition) is 7. The van der Waals surface area contributed by atoms with Crippen LogP contribution in [0.1, 0.15) is 23.2 Å². The number of anilines is 1. The van der Waals surface area contributed by atoms with E-state index in [1.165, 1.54) is 10.6 Å². The van der Waals surface area contributed by atoms with Crippen LogP contribution in [-0.4, -0.2) is 47.1 Å². The van der Waals surface area contributed by atoms with Crippen molar-refractivity contribution in [2.45, 2.75) is 6.42 Å². The minimum atomic E-state index is 0.597. The van der Waals surface area contributed by atoms with E-state index >= 15 is 0 Å². The van der Waals surface area contributed by atoms with Crippen molar-refractivity contribution in [3.05, 3.63) is 84.5 Å². The van der Waals surface area contributed by atoms with E-state index in [1.807, 2.05) is 42.7 Å². The summed E-state index contributed by atoms with van der Waals surface area (Å²) in [7, 11) is 3.86. The summed E-state index contributed by atoms with van der Waals surface area (Å²) in [6, 6.07) is 12.0. The van der Waals surface area contributed by atoms with Crippen LogP contribution in [0.15, 0.2) is 67.6 Å². The van der Waals surface area contributed by atoms with Gasteiger partial charge in [0.25, 0.3) is 0 Å². The minimum absolute atomic E-state index is 0.597. The molecule has 4 rings (SSSR count). The number of rotatable bonds is 6. The Kier molecular flexibility index (Phi) is 6.20. The molecule has 0 unspecified atom stereocenters. The number of aromatic nitrogens is 2.